The Morgan fingerprint density at radius 1 is 0.950 bits per heavy atom. The van der Waals surface area contributed by atoms with E-state index < -0.39 is 24.3 Å². The quantitative estimate of drug-likeness (QED) is 0.405. The summed E-state index contributed by atoms with van der Waals surface area (Å²) in [6, 6.07) is 5.20. The average molecular weight is 292 g/mol. The molecule has 0 fully saturated rings. The van der Waals surface area contributed by atoms with Crippen LogP contribution in [0.5, 0.6) is 5.75 Å². The summed E-state index contributed by atoms with van der Waals surface area (Å²) in [5, 5.41) is 48.3. The predicted molar refractivity (Wildman–Crippen MR) is 73.1 cm³/mol. The maximum Gasteiger partial charge on any atom is 0.631 e. The first kappa shape index (κ1) is 21.1. The van der Waals surface area contributed by atoms with Gasteiger partial charge in [0.2, 0.25) is 0 Å². The molecule has 0 aliphatic rings. The molecule has 1 rings (SSSR count). The lowest BCUT2D eigenvalue weighted by atomic mass is 9.90. The molecule has 20 heavy (non-hydrogen) atoms. The number of hydrogen-bond donors (Lipinski definition) is 6. The van der Waals surface area contributed by atoms with Crippen LogP contribution in [0.2, 0.25) is 0 Å². The van der Waals surface area contributed by atoms with Crippen molar-refractivity contribution >= 4 is 7.32 Å². The van der Waals surface area contributed by atoms with Gasteiger partial charge >= 0.3 is 7.32 Å². The summed E-state index contributed by atoms with van der Waals surface area (Å²) in [7, 11) is -2.17. The molecule has 0 aromatic heterocycles. The summed E-state index contributed by atoms with van der Waals surface area (Å²) >= 11 is 0. The SMILES string of the molecule is CC(C)(O)C(C)(C)O.OB(O)O.Oc1cccc(F)c1. The molecule has 0 aliphatic heterocycles. The van der Waals surface area contributed by atoms with Crippen LogP contribution in [0, 0.1) is 5.82 Å². The molecule has 0 unspecified atom stereocenters. The molecular formula is C12H22BFO6. The first-order valence-corrected chi connectivity index (χ1v) is 5.71. The van der Waals surface area contributed by atoms with E-state index in [-0.39, 0.29) is 5.75 Å². The van der Waals surface area contributed by atoms with Crippen LogP contribution >= 0.6 is 0 Å². The van der Waals surface area contributed by atoms with Gasteiger partial charge in [0.1, 0.15) is 11.6 Å². The maximum atomic E-state index is 12.0. The summed E-state index contributed by atoms with van der Waals surface area (Å²) in [4.78, 5) is 0. The number of phenolic OH excluding ortho intramolecular Hbond substituents is 1. The van der Waals surface area contributed by atoms with Crippen LogP contribution in [0.4, 0.5) is 4.39 Å². The number of aromatic hydroxyl groups is 1. The molecule has 0 amide bonds. The van der Waals surface area contributed by atoms with Gasteiger partial charge in [-0.15, -0.1) is 0 Å². The van der Waals surface area contributed by atoms with Crippen LogP contribution in [0.15, 0.2) is 24.3 Å². The van der Waals surface area contributed by atoms with Gasteiger partial charge in [0, 0.05) is 6.07 Å². The third-order valence-electron chi connectivity index (χ3n) is 2.31. The van der Waals surface area contributed by atoms with Crippen LogP contribution in [-0.4, -0.2) is 48.9 Å². The standard InChI is InChI=1S/C6H5FO.C6H14O2.BH3O3/c7-5-2-1-3-6(8)4-5;1-5(2,7)6(3,4)8;2-1(3)4/h1-4,8H;7-8H,1-4H3;2-4H. The number of hydrogen-bond acceptors (Lipinski definition) is 6. The summed E-state index contributed by atoms with van der Waals surface area (Å²) in [6.45, 7) is 6.31. The molecule has 0 spiro atoms. The van der Waals surface area contributed by atoms with Crippen LogP contribution in [0.25, 0.3) is 0 Å². The Hall–Kier alpha value is -1.19. The lowest BCUT2D eigenvalue weighted by Gasteiger charge is -2.31. The van der Waals surface area contributed by atoms with Crippen molar-refractivity contribution in [3.8, 4) is 5.75 Å². The number of halogens is 1. The zero-order chi connectivity index (χ0) is 16.6. The van der Waals surface area contributed by atoms with Gasteiger partial charge in [0.25, 0.3) is 0 Å². The molecule has 116 valence electrons. The van der Waals surface area contributed by atoms with E-state index in [1.54, 1.807) is 27.7 Å². The minimum absolute atomic E-state index is 0.0370. The van der Waals surface area contributed by atoms with Gasteiger partial charge in [0.15, 0.2) is 0 Å². The van der Waals surface area contributed by atoms with Gasteiger partial charge < -0.3 is 30.4 Å². The van der Waals surface area contributed by atoms with Crippen LogP contribution < -0.4 is 0 Å². The Bertz CT molecular complexity index is 341. The predicted octanol–water partition coefficient (Wildman–Crippen LogP) is 0.00770. The summed E-state index contributed by atoms with van der Waals surface area (Å²) < 4.78 is 12.0. The molecule has 0 bridgehead atoms. The summed E-state index contributed by atoms with van der Waals surface area (Å²) in [5.41, 5.74) is -2.01. The molecule has 0 heterocycles. The van der Waals surface area contributed by atoms with Gasteiger partial charge in [-0.2, -0.15) is 0 Å². The molecule has 8 heteroatoms. The van der Waals surface area contributed by atoms with Crippen molar-refractivity contribution in [1.82, 2.24) is 0 Å². The Balaban J connectivity index is 0. The molecule has 1 aromatic carbocycles. The molecule has 0 aliphatic carbocycles. The second-order valence-electron chi connectivity index (χ2n) is 4.94. The minimum atomic E-state index is -2.17. The normalized spacial score (nSPS) is 10.7. The van der Waals surface area contributed by atoms with E-state index in [2.05, 4.69) is 0 Å². The van der Waals surface area contributed by atoms with Crippen LogP contribution in [-0.2, 0) is 0 Å². The number of benzene rings is 1. The molecule has 0 saturated carbocycles. The van der Waals surface area contributed by atoms with E-state index in [0.29, 0.717) is 0 Å². The lowest BCUT2D eigenvalue weighted by Crippen LogP contribution is -2.44. The minimum Gasteiger partial charge on any atom is -0.508 e. The smallest absolute Gasteiger partial charge is 0.508 e. The molecular weight excluding hydrogens is 270 g/mol. The molecule has 0 saturated heterocycles. The first-order chi connectivity index (χ1) is 8.77. The van der Waals surface area contributed by atoms with E-state index in [0.717, 1.165) is 6.07 Å². The Morgan fingerprint density at radius 3 is 1.45 bits per heavy atom. The molecule has 1 aromatic rings. The third kappa shape index (κ3) is 13.3. The highest BCUT2D eigenvalue weighted by Crippen LogP contribution is 2.19. The fraction of sp³-hybridized carbons (Fsp3) is 0.500. The average Bonchev–Trinajstić information content (AvgIpc) is 2.13. The summed E-state index contributed by atoms with van der Waals surface area (Å²) in [6.07, 6.45) is 0. The van der Waals surface area contributed by atoms with Gasteiger partial charge in [0.05, 0.1) is 11.2 Å². The zero-order valence-electron chi connectivity index (χ0n) is 11.9. The number of rotatable bonds is 1. The van der Waals surface area contributed by atoms with Crippen molar-refractivity contribution in [2.24, 2.45) is 0 Å². The van der Waals surface area contributed by atoms with Gasteiger partial charge in [-0.25, -0.2) is 4.39 Å². The topological polar surface area (TPSA) is 121 Å². The highest BCUT2D eigenvalue weighted by atomic mass is 19.1. The Kier molecular flexibility index (Phi) is 9.38. The third-order valence-corrected chi connectivity index (χ3v) is 2.31. The van der Waals surface area contributed by atoms with Crippen molar-refractivity contribution in [3.05, 3.63) is 30.1 Å². The van der Waals surface area contributed by atoms with E-state index in [4.69, 9.17) is 30.4 Å². The van der Waals surface area contributed by atoms with Crippen molar-refractivity contribution in [3.63, 3.8) is 0 Å². The van der Waals surface area contributed by atoms with Crippen molar-refractivity contribution in [2.75, 3.05) is 0 Å². The number of phenols is 1. The molecule has 0 atom stereocenters. The van der Waals surface area contributed by atoms with Gasteiger partial charge in [-0.1, -0.05) is 6.07 Å². The van der Waals surface area contributed by atoms with Gasteiger partial charge in [-0.3, -0.25) is 0 Å². The first-order valence-electron chi connectivity index (χ1n) is 5.71. The fourth-order valence-corrected chi connectivity index (χ4v) is 0.476. The van der Waals surface area contributed by atoms with Crippen molar-refractivity contribution < 1.29 is 34.8 Å². The van der Waals surface area contributed by atoms with Crippen molar-refractivity contribution in [1.29, 1.82) is 0 Å². The van der Waals surface area contributed by atoms with Gasteiger partial charge in [-0.05, 0) is 39.8 Å². The molecule has 6 nitrogen and oxygen atoms in total. The maximum absolute atomic E-state index is 12.0. The van der Waals surface area contributed by atoms with E-state index in [1.165, 1.54) is 18.2 Å². The fourth-order valence-electron chi connectivity index (χ4n) is 0.476. The number of aliphatic hydroxyl groups is 2. The lowest BCUT2D eigenvalue weighted by molar-refractivity contribution is -0.107. The summed E-state index contributed by atoms with van der Waals surface area (Å²) in [5.74, 6) is -0.449. The Morgan fingerprint density at radius 2 is 1.30 bits per heavy atom. The monoisotopic (exact) mass is 292 g/mol. The van der Waals surface area contributed by atoms with Crippen LogP contribution in [0.3, 0.4) is 0 Å². The van der Waals surface area contributed by atoms with E-state index in [1.807, 2.05) is 0 Å². The largest absolute Gasteiger partial charge is 0.631 e. The highest BCUT2D eigenvalue weighted by Gasteiger charge is 2.31. The highest BCUT2D eigenvalue weighted by molar-refractivity contribution is 6.30. The second-order valence-corrected chi connectivity index (χ2v) is 4.94. The second kappa shape index (κ2) is 8.88. The molecule has 6 N–H and O–H groups in total. The van der Waals surface area contributed by atoms with E-state index >= 15 is 0 Å². The van der Waals surface area contributed by atoms with E-state index in [9.17, 15) is 4.39 Å². The van der Waals surface area contributed by atoms with Crippen LogP contribution in [0.1, 0.15) is 27.7 Å². The Labute approximate surface area is 117 Å². The van der Waals surface area contributed by atoms with Crippen molar-refractivity contribution in [2.45, 2.75) is 38.9 Å². The zero-order valence-corrected chi connectivity index (χ0v) is 11.9. The molecule has 0 radical (unpaired) electrons.